The summed E-state index contributed by atoms with van der Waals surface area (Å²) >= 11 is 5.77. The number of rotatable bonds is 3. The van der Waals surface area contributed by atoms with Crippen LogP contribution in [0.25, 0.3) is 0 Å². The van der Waals surface area contributed by atoms with Crippen LogP contribution in [0.3, 0.4) is 0 Å². The van der Waals surface area contributed by atoms with Crippen LogP contribution in [-0.4, -0.2) is 14.5 Å². The van der Waals surface area contributed by atoms with E-state index in [2.05, 4.69) is 4.72 Å². The van der Waals surface area contributed by atoms with Gasteiger partial charge in [0.2, 0.25) is 10.0 Å². The third-order valence-corrected chi connectivity index (χ3v) is 5.93. The van der Waals surface area contributed by atoms with Gasteiger partial charge in [-0.15, -0.1) is 0 Å². The minimum absolute atomic E-state index is 0.129. The van der Waals surface area contributed by atoms with Gasteiger partial charge in [0.15, 0.2) is 0 Å². The second-order valence-corrected chi connectivity index (χ2v) is 7.51. The molecule has 5 heteroatoms. The fraction of sp³-hybridized carbons (Fsp3) is 0.538. The van der Waals surface area contributed by atoms with E-state index in [1.54, 1.807) is 24.3 Å². The van der Waals surface area contributed by atoms with E-state index in [1.165, 1.54) is 19.3 Å². The second kappa shape index (κ2) is 4.51. The van der Waals surface area contributed by atoms with Crippen molar-refractivity contribution in [1.82, 2.24) is 4.72 Å². The molecule has 0 saturated heterocycles. The Labute approximate surface area is 113 Å². The van der Waals surface area contributed by atoms with Gasteiger partial charge in [-0.05, 0) is 55.4 Å². The maximum absolute atomic E-state index is 12.2. The number of fused-ring (bicyclic) bond motifs is 2. The Bertz CT molecular complexity index is 541. The molecule has 2 saturated carbocycles. The lowest BCUT2D eigenvalue weighted by Crippen LogP contribution is -2.38. The monoisotopic (exact) mass is 285 g/mol. The highest BCUT2D eigenvalue weighted by Gasteiger charge is 2.41. The molecule has 1 aromatic carbocycles. The predicted molar refractivity (Wildman–Crippen MR) is 71.0 cm³/mol. The summed E-state index contributed by atoms with van der Waals surface area (Å²) in [5.41, 5.74) is 0. The molecule has 0 heterocycles. The molecule has 0 amide bonds. The van der Waals surface area contributed by atoms with Gasteiger partial charge >= 0.3 is 0 Å². The van der Waals surface area contributed by atoms with Crippen LogP contribution in [0, 0.1) is 11.8 Å². The van der Waals surface area contributed by atoms with E-state index >= 15 is 0 Å². The molecule has 3 rings (SSSR count). The first-order valence-electron chi connectivity index (χ1n) is 6.32. The Morgan fingerprint density at radius 1 is 1.11 bits per heavy atom. The maximum atomic E-state index is 12.2. The largest absolute Gasteiger partial charge is 0.240 e. The van der Waals surface area contributed by atoms with Crippen molar-refractivity contribution in [2.24, 2.45) is 11.8 Å². The minimum atomic E-state index is -3.39. The lowest BCUT2D eigenvalue weighted by molar-refractivity contribution is 0.390. The summed E-state index contributed by atoms with van der Waals surface area (Å²) in [6.45, 7) is 0. The average Bonchev–Trinajstić information content (AvgIpc) is 2.91. The highest BCUT2D eigenvalue weighted by molar-refractivity contribution is 7.89. The molecule has 3 atom stereocenters. The summed E-state index contributed by atoms with van der Waals surface area (Å²) in [4.78, 5) is 0.301. The SMILES string of the molecule is O=S(=O)(N[C@H]1C[C@H]2CC[C@H]1C2)c1ccc(Cl)cc1. The quantitative estimate of drug-likeness (QED) is 0.928. The van der Waals surface area contributed by atoms with Crippen LogP contribution in [0.1, 0.15) is 25.7 Å². The fourth-order valence-electron chi connectivity index (χ4n) is 3.27. The van der Waals surface area contributed by atoms with E-state index in [1.807, 2.05) is 0 Å². The summed E-state index contributed by atoms with van der Waals surface area (Å²) in [5.74, 6) is 1.27. The molecular weight excluding hydrogens is 270 g/mol. The molecule has 0 spiro atoms. The summed E-state index contributed by atoms with van der Waals surface area (Å²) in [6.07, 6.45) is 4.62. The molecule has 18 heavy (non-hydrogen) atoms. The number of hydrogen-bond donors (Lipinski definition) is 1. The second-order valence-electron chi connectivity index (χ2n) is 5.36. The van der Waals surface area contributed by atoms with E-state index in [0.29, 0.717) is 15.8 Å². The third-order valence-electron chi connectivity index (χ3n) is 4.17. The Morgan fingerprint density at radius 2 is 1.83 bits per heavy atom. The van der Waals surface area contributed by atoms with Crippen LogP contribution in [0.2, 0.25) is 5.02 Å². The van der Waals surface area contributed by atoms with Crippen molar-refractivity contribution >= 4 is 21.6 Å². The van der Waals surface area contributed by atoms with Gasteiger partial charge in [0, 0.05) is 11.1 Å². The summed E-state index contributed by atoms with van der Waals surface area (Å²) in [7, 11) is -3.39. The van der Waals surface area contributed by atoms with Gasteiger partial charge in [0.25, 0.3) is 0 Å². The van der Waals surface area contributed by atoms with Gasteiger partial charge in [0.05, 0.1) is 4.90 Å². The Hall–Kier alpha value is -0.580. The molecule has 1 aromatic rings. The van der Waals surface area contributed by atoms with E-state index in [0.717, 1.165) is 12.3 Å². The highest BCUT2D eigenvalue weighted by atomic mass is 35.5. The molecule has 0 aliphatic heterocycles. The number of halogens is 1. The van der Waals surface area contributed by atoms with E-state index < -0.39 is 10.0 Å². The first-order valence-corrected chi connectivity index (χ1v) is 8.18. The van der Waals surface area contributed by atoms with E-state index in [-0.39, 0.29) is 6.04 Å². The van der Waals surface area contributed by atoms with Crippen molar-refractivity contribution in [1.29, 1.82) is 0 Å². The molecular formula is C13H16ClNO2S. The first kappa shape index (κ1) is 12.5. The van der Waals surface area contributed by atoms with Crippen LogP contribution in [0.15, 0.2) is 29.2 Å². The Morgan fingerprint density at radius 3 is 2.39 bits per heavy atom. The van der Waals surface area contributed by atoms with Crippen LogP contribution < -0.4 is 4.72 Å². The zero-order valence-electron chi connectivity index (χ0n) is 9.97. The van der Waals surface area contributed by atoms with Crippen LogP contribution >= 0.6 is 11.6 Å². The fourth-order valence-corrected chi connectivity index (χ4v) is 4.71. The zero-order chi connectivity index (χ0) is 12.8. The number of nitrogens with one attached hydrogen (secondary N) is 1. The van der Waals surface area contributed by atoms with Gasteiger partial charge in [-0.25, -0.2) is 13.1 Å². The van der Waals surface area contributed by atoms with Gasteiger partial charge < -0.3 is 0 Å². The smallest absolute Gasteiger partial charge is 0.208 e. The lowest BCUT2D eigenvalue weighted by Gasteiger charge is -2.22. The van der Waals surface area contributed by atoms with Crippen LogP contribution in [0.5, 0.6) is 0 Å². The summed E-state index contributed by atoms with van der Waals surface area (Å²) in [5, 5.41) is 0.550. The topological polar surface area (TPSA) is 46.2 Å². The molecule has 2 aliphatic carbocycles. The van der Waals surface area contributed by atoms with Crippen molar-refractivity contribution in [2.75, 3.05) is 0 Å². The van der Waals surface area contributed by atoms with Gasteiger partial charge in [-0.2, -0.15) is 0 Å². The van der Waals surface area contributed by atoms with Gasteiger partial charge in [-0.3, -0.25) is 0 Å². The highest BCUT2D eigenvalue weighted by Crippen LogP contribution is 2.44. The zero-order valence-corrected chi connectivity index (χ0v) is 11.5. The van der Waals surface area contributed by atoms with Crippen LogP contribution in [-0.2, 0) is 10.0 Å². The Kier molecular flexibility index (Phi) is 3.12. The maximum Gasteiger partial charge on any atom is 0.240 e. The van der Waals surface area contributed by atoms with Crippen molar-refractivity contribution < 1.29 is 8.42 Å². The molecule has 2 bridgehead atoms. The van der Waals surface area contributed by atoms with E-state index in [9.17, 15) is 8.42 Å². The van der Waals surface area contributed by atoms with Crippen molar-refractivity contribution in [3.8, 4) is 0 Å². The molecule has 3 nitrogen and oxygen atoms in total. The predicted octanol–water partition coefficient (Wildman–Crippen LogP) is 2.81. The van der Waals surface area contributed by atoms with E-state index in [4.69, 9.17) is 11.6 Å². The standard InChI is InChI=1S/C13H16ClNO2S/c14-11-3-5-12(6-4-11)18(16,17)15-13-8-9-1-2-10(13)7-9/h3-6,9-10,13,15H,1-2,7-8H2/t9-,10-,13-/m0/s1. The first-order chi connectivity index (χ1) is 8.54. The average molecular weight is 286 g/mol. The molecule has 0 aromatic heterocycles. The molecule has 98 valence electrons. The number of sulfonamides is 1. The van der Waals surface area contributed by atoms with Crippen molar-refractivity contribution in [3.05, 3.63) is 29.3 Å². The molecule has 0 radical (unpaired) electrons. The van der Waals surface area contributed by atoms with Crippen molar-refractivity contribution in [2.45, 2.75) is 36.6 Å². The van der Waals surface area contributed by atoms with Crippen molar-refractivity contribution in [3.63, 3.8) is 0 Å². The molecule has 2 aliphatic rings. The third kappa shape index (κ3) is 2.29. The summed E-state index contributed by atoms with van der Waals surface area (Å²) in [6, 6.07) is 6.45. The Balaban J connectivity index is 1.77. The summed E-state index contributed by atoms with van der Waals surface area (Å²) < 4.78 is 27.3. The van der Waals surface area contributed by atoms with Gasteiger partial charge in [0.1, 0.15) is 0 Å². The normalized spacial score (nSPS) is 30.8. The number of benzene rings is 1. The minimum Gasteiger partial charge on any atom is -0.208 e. The van der Waals surface area contributed by atoms with Gasteiger partial charge in [-0.1, -0.05) is 18.0 Å². The number of hydrogen-bond acceptors (Lipinski definition) is 2. The molecule has 1 N–H and O–H groups in total. The molecule has 0 unspecified atom stereocenters. The lowest BCUT2D eigenvalue weighted by atomic mass is 9.96. The molecule has 2 fully saturated rings. The van der Waals surface area contributed by atoms with Crippen LogP contribution in [0.4, 0.5) is 0 Å².